The number of hydrogen-bond donors (Lipinski definition) is 2. The fourth-order valence-electron chi connectivity index (χ4n) is 2.17. The van der Waals surface area contributed by atoms with Gasteiger partial charge in [-0.3, -0.25) is 4.79 Å². The molecule has 2 rings (SSSR count). The van der Waals surface area contributed by atoms with E-state index < -0.39 is 6.10 Å². The number of aliphatic hydroxyl groups excluding tert-OH is 1. The van der Waals surface area contributed by atoms with Crippen molar-refractivity contribution in [2.24, 2.45) is 5.41 Å². The van der Waals surface area contributed by atoms with E-state index in [4.69, 9.17) is 4.42 Å². The number of carbonyl (C=O) groups is 1. The highest BCUT2D eigenvalue weighted by atomic mass is 16.4. The Kier molecular flexibility index (Phi) is 6.15. The Bertz CT molecular complexity index is 644. The summed E-state index contributed by atoms with van der Waals surface area (Å²) < 4.78 is 5.71. The lowest BCUT2D eigenvalue weighted by molar-refractivity contribution is -0.122. The van der Waals surface area contributed by atoms with Crippen LogP contribution in [-0.2, 0) is 11.2 Å². The number of carbonyl (C=O) groups excluding carboxylic acids is 1. The number of aromatic nitrogens is 1. The van der Waals surface area contributed by atoms with Crippen LogP contribution in [0.25, 0.3) is 11.3 Å². The monoisotopic (exact) mass is 330 g/mol. The molecule has 1 unspecified atom stereocenters. The van der Waals surface area contributed by atoms with E-state index in [-0.39, 0.29) is 17.9 Å². The minimum atomic E-state index is -0.554. The lowest BCUT2D eigenvalue weighted by Gasteiger charge is -2.25. The summed E-state index contributed by atoms with van der Waals surface area (Å²) >= 11 is 0. The fraction of sp³-hybridized carbons (Fsp3) is 0.474. The average molecular weight is 330 g/mol. The third-order valence-corrected chi connectivity index (χ3v) is 3.90. The van der Waals surface area contributed by atoms with E-state index in [0.717, 1.165) is 11.3 Å². The summed E-state index contributed by atoms with van der Waals surface area (Å²) in [6, 6.07) is 9.80. The van der Waals surface area contributed by atoms with Crippen molar-refractivity contribution >= 4 is 5.91 Å². The van der Waals surface area contributed by atoms with Crippen LogP contribution >= 0.6 is 0 Å². The molecule has 1 amide bonds. The summed E-state index contributed by atoms with van der Waals surface area (Å²) in [7, 11) is 0. The predicted octanol–water partition coefficient (Wildman–Crippen LogP) is 3.19. The van der Waals surface area contributed by atoms with Crippen molar-refractivity contribution in [3.63, 3.8) is 0 Å². The SMILES string of the molecule is CC(C)(C)C(O)CNC(=O)CCCc1ncc(-c2ccccc2)o1. The molecular weight excluding hydrogens is 304 g/mol. The molecule has 1 aromatic heterocycles. The van der Waals surface area contributed by atoms with Gasteiger partial charge in [0.1, 0.15) is 0 Å². The summed E-state index contributed by atoms with van der Waals surface area (Å²) in [4.78, 5) is 16.1. The maximum Gasteiger partial charge on any atom is 0.220 e. The van der Waals surface area contributed by atoms with Gasteiger partial charge < -0.3 is 14.8 Å². The molecule has 2 N–H and O–H groups in total. The molecule has 5 nitrogen and oxygen atoms in total. The second-order valence-corrected chi connectivity index (χ2v) is 7.02. The number of rotatable bonds is 7. The third-order valence-electron chi connectivity index (χ3n) is 3.90. The van der Waals surface area contributed by atoms with Crippen molar-refractivity contribution in [2.75, 3.05) is 6.54 Å². The third kappa shape index (κ3) is 5.49. The van der Waals surface area contributed by atoms with Gasteiger partial charge in [-0.15, -0.1) is 0 Å². The minimum Gasteiger partial charge on any atom is -0.441 e. The van der Waals surface area contributed by atoms with E-state index in [0.29, 0.717) is 25.2 Å². The standard InChI is InChI=1S/C19H26N2O3/c1-19(2,3)16(22)13-20-17(23)10-7-11-18-21-12-15(24-18)14-8-5-4-6-9-14/h4-6,8-9,12,16,22H,7,10-11,13H2,1-3H3,(H,20,23). The molecule has 0 bridgehead atoms. The van der Waals surface area contributed by atoms with E-state index in [1.165, 1.54) is 0 Å². The zero-order chi connectivity index (χ0) is 17.6. The van der Waals surface area contributed by atoms with Crippen molar-refractivity contribution in [1.82, 2.24) is 10.3 Å². The van der Waals surface area contributed by atoms with Gasteiger partial charge in [-0.25, -0.2) is 4.98 Å². The van der Waals surface area contributed by atoms with Gasteiger partial charge in [0.05, 0.1) is 12.3 Å². The number of nitrogens with zero attached hydrogens (tertiary/aromatic N) is 1. The normalized spacial score (nSPS) is 12.8. The van der Waals surface area contributed by atoms with Crippen LogP contribution in [0.15, 0.2) is 40.9 Å². The Labute approximate surface area is 143 Å². The Morgan fingerprint density at radius 1 is 1.29 bits per heavy atom. The van der Waals surface area contributed by atoms with Crippen LogP contribution in [0.2, 0.25) is 0 Å². The number of oxazole rings is 1. The first-order valence-electron chi connectivity index (χ1n) is 8.31. The van der Waals surface area contributed by atoms with Crippen molar-refractivity contribution < 1.29 is 14.3 Å². The number of aliphatic hydroxyl groups is 1. The average Bonchev–Trinajstić information content (AvgIpc) is 3.01. The van der Waals surface area contributed by atoms with Crippen molar-refractivity contribution in [2.45, 2.75) is 46.1 Å². The second-order valence-electron chi connectivity index (χ2n) is 7.02. The van der Waals surface area contributed by atoms with Crippen LogP contribution in [-0.4, -0.2) is 28.6 Å². The lowest BCUT2D eigenvalue weighted by Crippen LogP contribution is -2.39. The van der Waals surface area contributed by atoms with Gasteiger partial charge in [-0.2, -0.15) is 0 Å². The molecule has 1 heterocycles. The van der Waals surface area contributed by atoms with E-state index in [9.17, 15) is 9.90 Å². The number of aryl methyl sites for hydroxylation is 1. The molecule has 0 aliphatic rings. The summed E-state index contributed by atoms with van der Waals surface area (Å²) in [6.45, 7) is 6.10. The van der Waals surface area contributed by atoms with Gasteiger partial charge in [0.15, 0.2) is 11.7 Å². The van der Waals surface area contributed by atoms with Crippen LogP contribution in [0.3, 0.4) is 0 Å². The molecule has 0 saturated carbocycles. The number of nitrogens with one attached hydrogen (secondary N) is 1. The molecule has 2 aromatic rings. The van der Waals surface area contributed by atoms with E-state index in [1.54, 1.807) is 6.20 Å². The largest absolute Gasteiger partial charge is 0.441 e. The molecule has 5 heteroatoms. The lowest BCUT2D eigenvalue weighted by atomic mass is 9.89. The highest BCUT2D eigenvalue weighted by molar-refractivity contribution is 5.75. The van der Waals surface area contributed by atoms with Gasteiger partial charge in [-0.1, -0.05) is 51.1 Å². The minimum absolute atomic E-state index is 0.0619. The number of amides is 1. The number of benzene rings is 1. The van der Waals surface area contributed by atoms with Crippen molar-refractivity contribution in [1.29, 1.82) is 0 Å². The molecule has 0 aliphatic heterocycles. The highest BCUT2D eigenvalue weighted by Crippen LogP contribution is 2.20. The first kappa shape index (κ1) is 18.2. The fourth-order valence-corrected chi connectivity index (χ4v) is 2.17. The van der Waals surface area contributed by atoms with Gasteiger partial charge in [0, 0.05) is 24.9 Å². The highest BCUT2D eigenvalue weighted by Gasteiger charge is 2.22. The topological polar surface area (TPSA) is 75.4 Å². The van der Waals surface area contributed by atoms with Crippen LogP contribution in [0.5, 0.6) is 0 Å². The van der Waals surface area contributed by atoms with Gasteiger partial charge in [-0.05, 0) is 11.8 Å². The maximum absolute atomic E-state index is 11.8. The molecule has 1 atom stereocenters. The van der Waals surface area contributed by atoms with E-state index >= 15 is 0 Å². The molecule has 0 aliphatic carbocycles. The molecular formula is C19H26N2O3. The molecule has 24 heavy (non-hydrogen) atoms. The van der Waals surface area contributed by atoms with Crippen LogP contribution < -0.4 is 5.32 Å². The Balaban J connectivity index is 1.73. The van der Waals surface area contributed by atoms with Crippen LogP contribution in [0.4, 0.5) is 0 Å². The van der Waals surface area contributed by atoms with Gasteiger partial charge >= 0.3 is 0 Å². The van der Waals surface area contributed by atoms with Crippen LogP contribution in [0, 0.1) is 5.41 Å². The second kappa shape index (κ2) is 8.11. The molecule has 1 aromatic carbocycles. The van der Waals surface area contributed by atoms with E-state index in [2.05, 4.69) is 10.3 Å². The van der Waals surface area contributed by atoms with Crippen molar-refractivity contribution in [3.8, 4) is 11.3 Å². The molecule has 0 radical (unpaired) electrons. The summed E-state index contributed by atoms with van der Waals surface area (Å²) in [5, 5.41) is 12.7. The Morgan fingerprint density at radius 3 is 2.67 bits per heavy atom. The molecule has 0 saturated heterocycles. The molecule has 0 fully saturated rings. The number of hydrogen-bond acceptors (Lipinski definition) is 4. The predicted molar refractivity (Wildman–Crippen MR) is 93.3 cm³/mol. The smallest absolute Gasteiger partial charge is 0.220 e. The summed E-state index contributed by atoms with van der Waals surface area (Å²) in [5.41, 5.74) is 0.754. The first-order valence-corrected chi connectivity index (χ1v) is 8.31. The van der Waals surface area contributed by atoms with Gasteiger partial charge in [0.2, 0.25) is 5.91 Å². The van der Waals surface area contributed by atoms with Crippen LogP contribution in [0.1, 0.15) is 39.5 Å². The summed E-state index contributed by atoms with van der Waals surface area (Å²) in [6.07, 6.45) is 2.82. The summed E-state index contributed by atoms with van der Waals surface area (Å²) in [5.74, 6) is 1.31. The quantitative estimate of drug-likeness (QED) is 0.817. The molecule has 0 spiro atoms. The Hall–Kier alpha value is -2.14. The van der Waals surface area contributed by atoms with E-state index in [1.807, 2.05) is 51.1 Å². The maximum atomic E-state index is 11.8. The first-order chi connectivity index (χ1) is 11.4. The zero-order valence-corrected chi connectivity index (χ0v) is 14.6. The van der Waals surface area contributed by atoms with Crippen molar-refractivity contribution in [3.05, 3.63) is 42.4 Å². The Morgan fingerprint density at radius 2 is 2.00 bits per heavy atom. The van der Waals surface area contributed by atoms with Gasteiger partial charge in [0.25, 0.3) is 0 Å². The zero-order valence-electron chi connectivity index (χ0n) is 14.6. The molecule has 130 valence electrons.